The van der Waals surface area contributed by atoms with E-state index in [1.165, 1.54) is 17.1 Å². The molecule has 112 valence electrons. The second-order valence-electron chi connectivity index (χ2n) is 5.32. The fourth-order valence-electron chi connectivity index (χ4n) is 2.57. The molecule has 2 rings (SSSR count). The van der Waals surface area contributed by atoms with Crippen molar-refractivity contribution in [1.29, 1.82) is 0 Å². The quantitative estimate of drug-likeness (QED) is 0.872. The van der Waals surface area contributed by atoms with Gasteiger partial charge in [0.25, 0.3) is 0 Å². The zero-order valence-corrected chi connectivity index (χ0v) is 13.7. The number of nitrogens with zero attached hydrogens (tertiary/aromatic N) is 3. The molecule has 0 radical (unpaired) electrons. The summed E-state index contributed by atoms with van der Waals surface area (Å²) >= 11 is 2.04. The third-order valence-electron chi connectivity index (χ3n) is 3.60. The molecule has 1 aliphatic heterocycles. The smallest absolute Gasteiger partial charge is 0.137 e. The minimum Gasteiger partial charge on any atom is -0.370 e. The zero-order chi connectivity index (χ0) is 14.4. The normalized spacial score (nSPS) is 19.1. The summed E-state index contributed by atoms with van der Waals surface area (Å²) in [5.41, 5.74) is 1.29. The maximum atomic E-state index is 4.61. The largest absolute Gasteiger partial charge is 0.370 e. The highest BCUT2D eigenvalue weighted by molar-refractivity contribution is 7.99. The molecular formula is C15H26N4S. The average Bonchev–Trinajstić information content (AvgIpc) is 2.47. The molecule has 20 heavy (non-hydrogen) atoms. The van der Waals surface area contributed by atoms with Crippen molar-refractivity contribution < 1.29 is 0 Å². The molecule has 1 unspecified atom stereocenters. The standard InChI is InChI=1S/C15H26N4S/c1-4-6-13-14(16-7-5-2)17-11-18-15(13)19-8-9-20-10-12(19)3/h11-12H,4-10H2,1-3H3,(H,16,17,18). The van der Waals surface area contributed by atoms with E-state index in [0.29, 0.717) is 6.04 Å². The Balaban J connectivity index is 2.30. The minimum absolute atomic E-state index is 0.554. The van der Waals surface area contributed by atoms with Crippen molar-refractivity contribution in [3.63, 3.8) is 0 Å². The molecule has 1 saturated heterocycles. The molecule has 0 aromatic carbocycles. The van der Waals surface area contributed by atoms with Gasteiger partial charge >= 0.3 is 0 Å². The van der Waals surface area contributed by atoms with Gasteiger partial charge in [0.2, 0.25) is 0 Å². The van der Waals surface area contributed by atoms with Crippen molar-refractivity contribution in [3.8, 4) is 0 Å². The van der Waals surface area contributed by atoms with Crippen LogP contribution in [0.15, 0.2) is 6.33 Å². The first-order valence-electron chi connectivity index (χ1n) is 7.70. The van der Waals surface area contributed by atoms with E-state index < -0.39 is 0 Å². The van der Waals surface area contributed by atoms with E-state index in [9.17, 15) is 0 Å². The van der Waals surface area contributed by atoms with E-state index in [2.05, 4.69) is 41.0 Å². The molecule has 0 aliphatic carbocycles. The van der Waals surface area contributed by atoms with Crippen molar-refractivity contribution in [3.05, 3.63) is 11.9 Å². The van der Waals surface area contributed by atoms with Gasteiger partial charge in [-0.3, -0.25) is 0 Å². The number of rotatable bonds is 6. The molecule has 1 aromatic rings. The third-order valence-corrected chi connectivity index (χ3v) is 4.79. The van der Waals surface area contributed by atoms with E-state index in [0.717, 1.165) is 44.0 Å². The van der Waals surface area contributed by atoms with Crippen LogP contribution in [0.3, 0.4) is 0 Å². The average molecular weight is 294 g/mol. The van der Waals surface area contributed by atoms with E-state index >= 15 is 0 Å². The maximum Gasteiger partial charge on any atom is 0.137 e. The molecule has 5 heteroatoms. The number of nitrogens with one attached hydrogen (secondary N) is 1. The number of thioether (sulfide) groups is 1. The maximum absolute atomic E-state index is 4.61. The summed E-state index contributed by atoms with van der Waals surface area (Å²) in [6, 6.07) is 0.554. The first-order chi connectivity index (χ1) is 9.77. The zero-order valence-electron chi connectivity index (χ0n) is 12.9. The second-order valence-corrected chi connectivity index (χ2v) is 6.47. The number of aromatic nitrogens is 2. The van der Waals surface area contributed by atoms with Gasteiger partial charge in [0.1, 0.15) is 18.0 Å². The highest BCUT2D eigenvalue weighted by Crippen LogP contribution is 2.29. The van der Waals surface area contributed by atoms with Crippen LogP contribution in [0.1, 0.15) is 39.2 Å². The summed E-state index contributed by atoms with van der Waals surface area (Å²) in [5, 5.41) is 3.46. The SMILES string of the molecule is CCCNc1ncnc(N2CCSCC2C)c1CCC. The van der Waals surface area contributed by atoms with Gasteiger partial charge in [0.05, 0.1) is 0 Å². The Labute approximate surface area is 126 Å². The Bertz CT molecular complexity index is 424. The van der Waals surface area contributed by atoms with E-state index in [1.54, 1.807) is 6.33 Å². The van der Waals surface area contributed by atoms with Crippen LogP contribution in [0.25, 0.3) is 0 Å². The number of hydrogen-bond acceptors (Lipinski definition) is 5. The molecule has 1 atom stereocenters. The molecule has 2 heterocycles. The predicted octanol–water partition coefficient (Wildman–Crippen LogP) is 3.19. The Morgan fingerprint density at radius 3 is 2.90 bits per heavy atom. The summed E-state index contributed by atoms with van der Waals surface area (Å²) in [5.74, 6) is 4.56. The topological polar surface area (TPSA) is 41.1 Å². The van der Waals surface area contributed by atoms with Gasteiger partial charge in [-0.05, 0) is 19.8 Å². The third kappa shape index (κ3) is 3.57. The van der Waals surface area contributed by atoms with Crippen LogP contribution in [0.4, 0.5) is 11.6 Å². The molecule has 0 bridgehead atoms. The molecule has 0 amide bonds. The lowest BCUT2D eigenvalue weighted by molar-refractivity contribution is 0.681. The van der Waals surface area contributed by atoms with Crippen LogP contribution < -0.4 is 10.2 Å². The molecule has 0 spiro atoms. The van der Waals surface area contributed by atoms with Gasteiger partial charge in [-0.15, -0.1) is 0 Å². The first kappa shape index (κ1) is 15.4. The highest BCUT2D eigenvalue weighted by atomic mass is 32.2. The van der Waals surface area contributed by atoms with Crippen LogP contribution in [0.2, 0.25) is 0 Å². The second kappa shape index (κ2) is 7.72. The molecule has 1 fully saturated rings. The van der Waals surface area contributed by atoms with Gasteiger partial charge in [-0.25, -0.2) is 9.97 Å². The summed E-state index contributed by atoms with van der Waals surface area (Å²) in [4.78, 5) is 11.5. The highest BCUT2D eigenvalue weighted by Gasteiger charge is 2.23. The molecule has 1 aromatic heterocycles. The fraction of sp³-hybridized carbons (Fsp3) is 0.733. The lowest BCUT2D eigenvalue weighted by atomic mass is 10.1. The van der Waals surface area contributed by atoms with Crippen molar-refractivity contribution >= 4 is 23.4 Å². The Morgan fingerprint density at radius 1 is 1.35 bits per heavy atom. The van der Waals surface area contributed by atoms with E-state index in [1.807, 2.05) is 11.8 Å². The summed E-state index contributed by atoms with van der Waals surface area (Å²) in [6.07, 6.45) is 4.99. The number of anilines is 2. The van der Waals surface area contributed by atoms with E-state index in [-0.39, 0.29) is 0 Å². The first-order valence-corrected chi connectivity index (χ1v) is 8.85. The summed E-state index contributed by atoms with van der Waals surface area (Å²) in [6.45, 7) is 8.75. The summed E-state index contributed by atoms with van der Waals surface area (Å²) < 4.78 is 0. The van der Waals surface area contributed by atoms with Crippen LogP contribution in [0, 0.1) is 0 Å². The Hall–Kier alpha value is -0.970. The fourth-order valence-corrected chi connectivity index (χ4v) is 3.58. The van der Waals surface area contributed by atoms with Crippen LogP contribution >= 0.6 is 11.8 Å². The van der Waals surface area contributed by atoms with Crippen molar-refractivity contribution in [2.75, 3.05) is 34.8 Å². The Morgan fingerprint density at radius 2 is 2.20 bits per heavy atom. The monoisotopic (exact) mass is 294 g/mol. The van der Waals surface area contributed by atoms with Crippen molar-refractivity contribution in [2.45, 2.75) is 46.1 Å². The van der Waals surface area contributed by atoms with Crippen molar-refractivity contribution in [1.82, 2.24) is 9.97 Å². The van der Waals surface area contributed by atoms with E-state index in [4.69, 9.17) is 0 Å². The molecule has 0 saturated carbocycles. The molecule has 1 N–H and O–H groups in total. The predicted molar refractivity (Wildman–Crippen MR) is 88.9 cm³/mol. The molecule has 4 nitrogen and oxygen atoms in total. The lowest BCUT2D eigenvalue weighted by Crippen LogP contribution is -2.41. The lowest BCUT2D eigenvalue weighted by Gasteiger charge is -2.35. The van der Waals surface area contributed by atoms with Gasteiger partial charge in [0.15, 0.2) is 0 Å². The van der Waals surface area contributed by atoms with Crippen molar-refractivity contribution in [2.24, 2.45) is 0 Å². The molecular weight excluding hydrogens is 268 g/mol. The molecule has 1 aliphatic rings. The summed E-state index contributed by atoms with van der Waals surface area (Å²) in [7, 11) is 0. The number of hydrogen-bond donors (Lipinski definition) is 1. The Kier molecular flexibility index (Phi) is 5.95. The van der Waals surface area contributed by atoms with Gasteiger partial charge in [-0.2, -0.15) is 11.8 Å². The van der Waals surface area contributed by atoms with Gasteiger partial charge in [-0.1, -0.05) is 20.3 Å². The van der Waals surface area contributed by atoms with Gasteiger partial charge in [0, 0.05) is 36.2 Å². The van der Waals surface area contributed by atoms with Crippen LogP contribution in [-0.4, -0.2) is 40.6 Å². The van der Waals surface area contributed by atoms with Gasteiger partial charge < -0.3 is 10.2 Å². The van der Waals surface area contributed by atoms with Crippen LogP contribution in [-0.2, 0) is 6.42 Å². The minimum atomic E-state index is 0.554. The van der Waals surface area contributed by atoms with Crippen LogP contribution in [0.5, 0.6) is 0 Å².